The summed E-state index contributed by atoms with van der Waals surface area (Å²) in [5.41, 5.74) is -2.90. The van der Waals surface area contributed by atoms with Crippen molar-refractivity contribution < 1.29 is 31.5 Å². The highest BCUT2D eigenvalue weighted by molar-refractivity contribution is 6.43. The lowest BCUT2D eigenvalue weighted by Gasteiger charge is -2.14. The lowest BCUT2D eigenvalue weighted by Crippen LogP contribution is -2.30. The number of halogens is 6. The second kappa shape index (κ2) is 7.06. The Morgan fingerprint density at radius 3 is 2.04 bits per heavy atom. The molecule has 25 heavy (non-hydrogen) atoms. The van der Waals surface area contributed by atoms with Gasteiger partial charge in [0.25, 0.3) is 0 Å². The quantitative estimate of drug-likeness (QED) is 0.607. The smallest absolute Gasteiger partial charge is 0.317 e. The zero-order valence-electron chi connectivity index (χ0n) is 12.0. The van der Waals surface area contributed by atoms with Gasteiger partial charge in [0.1, 0.15) is 17.3 Å². The van der Waals surface area contributed by atoms with Crippen LogP contribution in [0.2, 0.25) is 5.02 Å². The number of para-hydroxylation sites is 1. The van der Waals surface area contributed by atoms with Crippen molar-refractivity contribution in [3.05, 3.63) is 58.6 Å². The first-order valence-electron chi connectivity index (χ1n) is 6.52. The van der Waals surface area contributed by atoms with Crippen LogP contribution in [0, 0.1) is 11.6 Å². The number of hydrogen-bond acceptors (Lipinski definition) is 2. The molecule has 0 aliphatic heterocycles. The standard InChI is InChI=1S/C15H8ClF5N2O2/c16-7-4-5-11(8(6-7)15(19,20)21)22-13(24)14(25)23-12-9(17)2-1-3-10(12)18/h1-6H,(H,22,24)(H,23,25). The van der Waals surface area contributed by atoms with Crippen LogP contribution in [0.1, 0.15) is 5.56 Å². The largest absolute Gasteiger partial charge is 0.418 e. The van der Waals surface area contributed by atoms with Crippen LogP contribution < -0.4 is 10.6 Å². The minimum atomic E-state index is -4.85. The average Bonchev–Trinajstić information content (AvgIpc) is 2.51. The van der Waals surface area contributed by atoms with Crippen molar-refractivity contribution in [1.29, 1.82) is 0 Å². The minimum Gasteiger partial charge on any atom is -0.317 e. The fourth-order valence-corrected chi connectivity index (χ4v) is 2.00. The zero-order valence-corrected chi connectivity index (χ0v) is 12.8. The van der Waals surface area contributed by atoms with E-state index in [4.69, 9.17) is 11.6 Å². The van der Waals surface area contributed by atoms with Crippen LogP contribution in [0.3, 0.4) is 0 Å². The molecule has 0 aliphatic rings. The van der Waals surface area contributed by atoms with E-state index in [1.165, 1.54) is 0 Å². The Morgan fingerprint density at radius 1 is 0.920 bits per heavy atom. The molecular weight excluding hydrogens is 371 g/mol. The number of nitrogens with one attached hydrogen (secondary N) is 2. The maximum Gasteiger partial charge on any atom is 0.418 e. The first kappa shape index (κ1) is 18.7. The van der Waals surface area contributed by atoms with E-state index in [9.17, 15) is 31.5 Å². The molecule has 2 amide bonds. The Kier molecular flexibility index (Phi) is 5.27. The van der Waals surface area contributed by atoms with Crippen molar-refractivity contribution >= 4 is 34.8 Å². The van der Waals surface area contributed by atoms with Crippen LogP contribution >= 0.6 is 11.6 Å². The summed E-state index contributed by atoms with van der Waals surface area (Å²) in [5.74, 6) is -5.39. The van der Waals surface area contributed by atoms with Crippen molar-refractivity contribution in [1.82, 2.24) is 0 Å². The molecule has 0 saturated heterocycles. The number of alkyl halides is 3. The number of carbonyl (C=O) groups is 2. The molecule has 2 aromatic rings. The van der Waals surface area contributed by atoms with E-state index in [1.807, 2.05) is 0 Å². The number of amides is 2. The Balaban J connectivity index is 2.21. The Labute approximate surface area is 142 Å². The van der Waals surface area contributed by atoms with Gasteiger partial charge in [-0.3, -0.25) is 9.59 Å². The lowest BCUT2D eigenvalue weighted by molar-refractivity contribution is -0.137. The number of carbonyl (C=O) groups excluding carboxylic acids is 2. The predicted molar refractivity (Wildman–Crippen MR) is 80.1 cm³/mol. The van der Waals surface area contributed by atoms with Gasteiger partial charge >= 0.3 is 18.0 Å². The number of benzene rings is 2. The first-order valence-corrected chi connectivity index (χ1v) is 6.90. The van der Waals surface area contributed by atoms with E-state index >= 15 is 0 Å². The molecule has 0 spiro atoms. The van der Waals surface area contributed by atoms with Crippen LogP contribution in [0.4, 0.5) is 33.3 Å². The van der Waals surface area contributed by atoms with Crippen molar-refractivity contribution in [3.63, 3.8) is 0 Å². The van der Waals surface area contributed by atoms with Gasteiger partial charge in [0, 0.05) is 5.02 Å². The zero-order chi connectivity index (χ0) is 18.8. The van der Waals surface area contributed by atoms with Crippen molar-refractivity contribution in [2.24, 2.45) is 0 Å². The number of rotatable bonds is 2. The molecule has 2 N–H and O–H groups in total. The minimum absolute atomic E-state index is 0.233. The summed E-state index contributed by atoms with van der Waals surface area (Å²) >= 11 is 5.49. The van der Waals surface area contributed by atoms with Gasteiger partial charge in [0.15, 0.2) is 0 Å². The average molecular weight is 379 g/mol. The predicted octanol–water partition coefficient (Wildman–Crippen LogP) is 4.21. The van der Waals surface area contributed by atoms with Crippen LogP contribution in [0.25, 0.3) is 0 Å². The molecule has 0 heterocycles. The SMILES string of the molecule is O=C(Nc1ccc(Cl)cc1C(F)(F)F)C(=O)Nc1c(F)cccc1F. The molecular formula is C15H8ClF5N2O2. The molecule has 0 saturated carbocycles. The van der Waals surface area contributed by atoms with E-state index in [0.717, 1.165) is 30.3 Å². The molecule has 0 bridgehead atoms. The second-order valence-electron chi connectivity index (χ2n) is 4.69. The third-order valence-electron chi connectivity index (χ3n) is 2.94. The van der Waals surface area contributed by atoms with Gasteiger partial charge in [0.2, 0.25) is 0 Å². The molecule has 0 aliphatic carbocycles. The molecule has 0 unspecified atom stereocenters. The highest BCUT2D eigenvalue weighted by Crippen LogP contribution is 2.36. The fraction of sp³-hybridized carbons (Fsp3) is 0.0667. The Hall–Kier alpha value is -2.68. The summed E-state index contributed by atoms with van der Waals surface area (Å²) in [4.78, 5) is 23.4. The normalized spacial score (nSPS) is 11.1. The maximum absolute atomic E-state index is 13.4. The Morgan fingerprint density at radius 2 is 1.48 bits per heavy atom. The lowest BCUT2D eigenvalue weighted by atomic mass is 10.1. The number of hydrogen-bond donors (Lipinski definition) is 2. The van der Waals surface area contributed by atoms with E-state index in [2.05, 4.69) is 0 Å². The van der Waals surface area contributed by atoms with E-state index < -0.39 is 46.6 Å². The molecule has 2 aromatic carbocycles. The summed E-state index contributed by atoms with van der Waals surface area (Å²) < 4.78 is 65.6. The summed E-state index contributed by atoms with van der Waals surface area (Å²) in [7, 11) is 0. The topological polar surface area (TPSA) is 58.2 Å². The van der Waals surface area contributed by atoms with Gasteiger partial charge in [-0.2, -0.15) is 13.2 Å². The second-order valence-corrected chi connectivity index (χ2v) is 5.13. The fourth-order valence-electron chi connectivity index (χ4n) is 1.83. The summed E-state index contributed by atoms with van der Waals surface area (Å²) in [6.45, 7) is 0. The van der Waals surface area contributed by atoms with Gasteiger partial charge in [-0.1, -0.05) is 17.7 Å². The van der Waals surface area contributed by atoms with E-state index in [-0.39, 0.29) is 5.02 Å². The molecule has 4 nitrogen and oxygen atoms in total. The number of anilines is 2. The van der Waals surface area contributed by atoms with Gasteiger partial charge in [-0.25, -0.2) is 8.78 Å². The van der Waals surface area contributed by atoms with E-state index in [0.29, 0.717) is 6.07 Å². The molecule has 132 valence electrons. The monoisotopic (exact) mass is 378 g/mol. The third kappa shape index (κ3) is 4.44. The molecule has 0 aromatic heterocycles. The molecule has 0 radical (unpaired) electrons. The summed E-state index contributed by atoms with van der Waals surface area (Å²) in [6, 6.07) is 5.17. The first-order chi connectivity index (χ1) is 11.6. The van der Waals surface area contributed by atoms with Gasteiger partial charge in [-0.05, 0) is 30.3 Å². The molecule has 0 fully saturated rings. The van der Waals surface area contributed by atoms with Crippen LogP contribution in [0.15, 0.2) is 36.4 Å². The maximum atomic E-state index is 13.4. The molecule has 0 atom stereocenters. The van der Waals surface area contributed by atoms with Crippen LogP contribution in [-0.2, 0) is 15.8 Å². The van der Waals surface area contributed by atoms with E-state index in [1.54, 1.807) is 10.6 Å². The Bertz CT molecular complexity index is 819. The summed E-state index contributed by atoms with van der Waals surface area (Å²) in [6.07, 6.45) is -4.85. The van der Waals surface area contributed by atoms with Crippen molar-refractivity contribution in [2.75, 3.05) is 10.6 Å². The summed E-state index contributed by atoms with van der Waals surface area (Å²) in [5, 5.41) is 3.16. The van der Waals surface area contributed by atoms with Crippen molar-refractivity contribution in [3.8, 4) is 0 Å². The van der Waals surface area contributed by atoms with Crippen molar-refractivity contribution in [2.45, 2.75) is 6.18 Å². The molecule has 2 rings (SSSR count). The van der Waals surface area contributed by atoms with Gasteiger partial charge in [0.05, 0.1) is 11.3 Å². The molecule has 10 heteroatoms. The van der Waals surface area contributed by atoms with Gasteiger partial charge in [-0.15, -0.1) is 0 Å². The highest BCUT2D eigenvalue weighted by Gasteiger charge is 2.34. The van der Waals surface area contributed by atoms with Gasteiger partial charge < -0.3 is 10.6 Å². The van der Waals surface area contributed by atoms with Crippen LogP contribution in [0.5, 0.6) is 0 Å². The highest BCUT2D eigenvalue weighted by atomic mass is 35.5. The third-order valence-corrected chi connectivity index (χ3v) is 3.18. The van der Waals surface area contributed by atoms with Crippen LogP contribution in [-0.4, -0.2) is 11.8 Å².